The van der Waals surface area contributed by atoms with Gasteiger partial charge >= 0.3 is 0 Å². The van der Waals surface area contributed by atoms with Gasteiger partial charge in [-0.15, -0.1) is 0 Å². The first kappa shape index (κ1) is 23.0. The summed E-state index contributed by atoms with van der Waals surface area (Å²) < 4.78 is 16.9. The van der Waals surface area contributed by atoms with Crippen LogP contribution in [0.3, 0.4) is 0 Å². The summed E-state index contributed by atoms with van der Waals surface area (Å²) in [5.74, 6) is 2.15. The van der Waals surface area contributed by atoms with Crippen molar-refractivity contribution < 1.29 is 18.8 Å². The standard InChI is InChI=1S/C27H27N3O4/c1-18(2)26-29-27(34-30-26)23-11-7-8-19(3)25(23)28-24(31)17-33-22-14-12-21(13-15-22)32-16-20-9-5-4-6-10-20/h4-15,18H,16-17H2,1-3H3,(H,28,31). The molecule has 1 aromatic heterocycles. The van der Waals surface area contributed by atoms with Crippen LogP contribution in [-0.4, -0.2) is 22.7 Å². The molecule has 0 unspecified atom stereocenters. The van der Waals surface area contributed by atoms with Gasteiger partial charge in [0.15, 0.2) is 12.4 Å². The van der Waals surface area contributed by atoms with E-state index in [-0.39, 0.29) is 18.4 Å². The van der Waals surface area contributed by atoms with E-state index in [0.29, 0.717) is 35.3 Å². The number of ether oxygens (including phenoxy) is 2. The summed E-state index contributed by atoms with van der Waals surface area (Å²) in [5, 5.41) is 6.94. The summed E-state index contributed by atoms with van der Waals surface area (Å²) in [6.07, 6.45) is 0. The van der Waals surface area contributed by atoms with Gasteiger partial charge < -0.3 is 19.3 Å². The van der Waals surface area contributed by atoms with E-state index >= 15 is 0 Å². The first-order valence-corrected chi connectivity index (χ1v) is 11.1. The molecule has 0 atom stereocenters. The number of benzene rings is 3. The molecular formula is C27H27N3O4. The van der Waals surface area contributed by atoms with Gasteiger partial charge in [0.25, 0.3) is 11.8 Å². The third-order valence-corrected chi connectivity index (χ3v) is 5.17. The van der Waals surface area contributed by atoms with Crippen molar-refractivity contribution in [3.8, 4) is 23.0 Å². The zero-order valence-corrected chi connectivity index (χ0v) is 19.4. The third kappa shape index (κ3) is 5.81. The average Bonchev–Trinajstić information content (AvgIpc) is 3.35. The van der Waals surface area contributed by atoms with Gasteiger partial charge in [0.05, 0.1) is 11.3 Å². The highest BCUT2D eigenvalue weighted by atomic mass is 16.5. The number of nitrogens with one attached hydrogen (secondary N) is 1. The van der Waals surface area contributed by atoms with E-state index in [4.69, 9.17) is 14.0 Å². The number of hydrogen-bond acceptors (Lipinski definition) is 6. The number of anilines is 1. The van der Waals surface area contributed by atoms with Crippen molar-refractivity contribution in [3.63, 3.8) is 0 Å². The first-order valence-electron chi connectivity index (χ1n) is 11.1. The summed E-state index contributed by atoms with van der Waals surface area (Å²) in [6.45, 7) is 6.24. The van der Waals surface area contributed by atoms with Crippen LogP contribution >= 0.6 is 0 Å². The number of rotatable bonds is 9. The van der Waals surface area contributed by atoms with Crippen molar-refractivity contribution in [1.82, 2.24) is 10.1 Å². The fraction of sp³-hybridized carbons (Fsp3) is 0.222. The van der Waals surface area contributed by atoms with Gasteiger partial charge in [0, 0.05) is 5.92 Å². The van der Waals surface area contributed by atoms with Crippen LogP contribution in [-0.2, 0) is 11.4 Å². The fourth-order valence-electron chi connectivity index (χ4n) is 3.29. The molecule has 1 amide bonds. The first-order chi connectivity index (χ1) is 16.5. The Morgan fingerprint density at radius 2 is 1.65 bits per heavy atom. The monoisotopic (exact) mass is 457 g/mol. The molecule has 1 N–H and O–H groups in total. The molecule has 4 aromatic rings. The average molecular weight is 458 g/mol. The van der Waals surface area contributed by atoms with E-state index in [1.165, 1.54) is 0 Å². The van der Waals surface area contributed by atoms with Gasteiger partial charge in [-0.1, -0.05) is 61.5 Å². The number of carbonyl (C=O) groups is 1. The van der Waals surface area contributed by atoms with Gasteiger partial charge in [-0.3, -0.25) is 4.79 Å². The van der Waals surface area contributed by atoms with E-state index in [1.54, 1.807) is 12.1 Å². The highest BCUT2D eigenvalue weighted by molar-refractivity contribution is 5.96. The Labute approximate surface area is 198 Å². The molecule has 0 aliphatic heterocycles. The van der Waals surface area contributed by atoms with Crippen LogP contribution in [0.2, 0.25) is 0 Å². The number of aromatic nitrogens is 2. The van der Waals surface area contributed by atoms with Gasteiger partial charge in [-0.05, 0) is 48.4 Å². The van der Waals surface area contributed by atoms with E-state index in [0.717, 1.165) is 16.9 Å². The van der Waals surface area contributed by atoms with Gasteiger partial charge in [-0.2, -0.15) is 4.98 Å². The molecule has 0 aliphatic rings. The number of aryl methyl sites for hydroxylation is 1. The second kappa shape index (κ2) is 10.7. The second-order valence-corrected chi connectivity index (χ2v) is 8.19. The van der Waals surface area contributed by atoms with Crippen molar-refractivity contribution in [2.75, 3.05) is 11.9 Å². The van der Waals surface area contributed by atoms with Gasteiger partial charge in [-0.25, -0.2) is 0 Å². The molecule has 0 aliphatic carbocycles. The molecule has 1 heterocycles. The zero-order chi connectivity index (χ0) is 23.9. The number of carbonyl (C=O) groups excluding carboxylic acids is 1. The van der Waals surface area contributed by atoms with Crippen LogP contribution in [0.25, 0.3) is 11.5 Å². The van der Waals surface area contributed by atoms with Crippen molar-refractivity contribution in [2.24, 2.45) is 0 Å². The minimum Gasteiger partial charge on any atom is -0.489 e. The Bertz CT molecular complexity index is 1230. The molecule has 4 rings (SSSR count). The Balaban J connectivity index is 1.35. The molecule has 0 saturated carbocycles. The lowest BCUT2D eigenvalue weighted by atomic mass is 10.1. The highest BCUT2D eigenvalue weighted by Crippen LogP contribution is 2.30. The third-order valence-electron chi connectivity index (χ3n) is 5.17. The van der Waals surface area contributed by atoms with E-state index < -0.39 is 0 Å². The quantitative estimate of drug-likeness (QED) is 0.344. The summed E-state index contributed by atoms with van der Waals surface area (Å²) in [4.78, 5) is 17.1. The molecular weight excluding hydrogens is 430 g/mol. The zero-order valence-electron chi connectivity index (χ0n) is 19.4. The molecule has 0 spiro atoms. The number of amides is 1. The molecule has 3 aromatic carbocycles. The fourth-order valence-corrected chi connectivity index (χ4v) is 3.29. The van der Waals surface area contributed by atoms with Gasteiger partial charge in [0.1, 0.15) is 18.1 Å². The predicted molar refractivity (Wildman–Crippen MR) is 130 cm³/mol. The van der Waals surface area contributed by atoms with Crippen LogP contribution in [0.1, 0.15) is 36.7 Å². The Hall–Kier alpha value is -4.13. The topological polar surface area (TPSA) is 86.5 Å². The normalized spacial score (nSPS) is 10.8. The van der Waals surface area contributed by atoms with E-state index in [9.17, 15) is 4.79 Å². The lowest BCUT2D eigenvalue weighted by molar-refractivity contribution is -0.118. The Morgan fingerprint density at radius 1 is 0.941 bits per heavy atom. The van der Waals surface area contributed by atoms with Crippen LogP contribution < -0.4 is 14.8 Å². The molecule has 34 heavy (non-hydrogen) atoms. The molecule has 0 saturated heterocycles. The van der Waals surface area contributed by atoms with Crippen molar-refractivity contribution in [1.29, 1.82) is 0 Å². The Kier molecular flexibility index (Phi) is 7.22. The number of hydrogen-bond donors (Lipinski definition) is 1. The minimum atomic E-state index is -0.288. The van der Waals surface area contributed by atoms with Crippen LogP contribution in [0, 0.1) is 6.92 Å². The maximum absolute atomic E-state index is 12.6. The smallest absolute Gasteiger partial charge is 0.262 e. The number of nitrogens with zero attached hydrogens (tertiary/aromatic N) is 2. The maximum atomic E-state index is 12.6. The highest BCUT2D eigenvalue weighted by Gasteiger charge is 2.18. The molecule has 0 fully saturated rings. The molecule has 174 valence electrons. The number of para-hydroxylation sites is 1. The Morgan fingerprint density at radius 3 is 2.32 bits per heavy atom. The van der Waals surface area contributed by atoms with Crippen molar-refractivity contribution in [3.05, 3.63) is 89.7 Å². The van der Waals surface area contributed by atoms with Crippen LogP contribution in [0.15, 0.2) is 77.3 Å². The second-order valence-electron chi connectivity index (χ2n) is 8.19. The van der Waals surface area contributed by atoms with Crippen LogP contribution in [0.4, 0.5) is 5.69 Å². The van der Waals surface area contributed by atoms with Crippen molar-refractivity contribution in [2.45, 2.75) is 33.3 Å². The SMILES string of the molecule is Cc1cccc(-c2nc(C(C)C)no2)c1NC(=O)COc1ccc(OCc2ccccc2)cc1. The lowest BCUT2D eigenvalue weighted by Crippen LogP contribution is -2.21. The molecule has 7 nitrogen and oxygen atoms in total. The lowest BCUT2D eigenvalue weighted by Gasteiger charge is -2.13. The minimum absolute atomic E-state index is 0.140. The summed E-state index contributed by atoms with van der Waals surface area (Å²) in [6, 6.07) is 22.8. The molecule has 7 heteroatoms. The van der Waals surface area contributed by atoms with Crippen LogP contribution in [0.5, 0.6) is 11.5 Å². The van der Waals surface area contributed by atoms with Gasteiger partial charge in [0.2, 0.25) is 0 Å². The van der Waals surface area contributed by atoms with Crippen molar-refractivity contribution >= 4 is 11.6 Å². The summed E-state index contributed by atoms with van der Waals surface area (Å²) >= 11 is 0. The van der Waals surface area contributed by atoms with E-state index in [2.05, 4.69) is 15.5 Å². The maximum Gasteiger partial charge on any atom is 0.262 e. The summed E-state index contributed by atoms with van der Waals surface area (Å²) in [7, 11) is 0. The molecule has 0 bridgehead atoms. The summed E-state index contributed by atoms with van der Waals surface area (Å²) in [5.41, 5.74) is 3.28. The largest absolute Gasteiger partial charge is 0.489 e. The predicted octanol–water partition coefficient (Wildman–Crippen LogP) is 5.76. The molecule has 0 radical (unpaired) electrons. The van der Waals surface area contributed by atoms with E-state index in [1.807, 2.05) is 81.4 Å².